The molecule has 2 aromatic rings. The third-order valence-electron chi connectivity index (χ3n) is 4.43. The maximum absolute atomic E-state index is 12.5. The summed E-state index contributed by atoms with van der Waals surface area (Å²) >= 11 is 0. The van der Waals surface area contributed by atoms with Gasteiger partial charge in [-0.05, 0) is 36.4 Å². The van der Waals surface area contributed by atoms with E-state index in [1.165, 1.54) is 11.2 Å². The largest absolute Gasteiger partial charge is 0.459 e. The highest BCUT2D eigenvalue weighted by atomic mass is 19.4. The van der Waals surface area contributed by atoms with Crippen molar-refractivity contribution in [1.82, 2.24) is 9.80 Å². The van der Waals surface area contributed by atoms with E-state index < -0.39 is 30.2 Å². The Morgan fingerprint density at radius 2 is 1.59 bits per heavy atom. The molecule has 2 amide bonds. The normalized spacial score (nSPS) is 14.6. The number of rotatable bonds is 4. The summed E-state index contributed by atoms with van der Waals surface area (Å²) in [6, 6.07) is 6.70. The first kappa shape index (κ1) is 20.4. The van der Waals surface area contributed by atoms with E-state index in [1.807, 2.05) is 0 Å². The van der Waals surface area contributed by atoms with Crippen molar-refractivity contribution in [3.63, 3.8) is 0 Å². The minimum atomic E-state index is -4.50. The molecule has 1 aromatic carbocycles. The second-order valence-corrected chi connectivity index (χ2v) is 6.30. The minimum Gasteiger partial charge on any atom is -0.459 e. The number of benzene rings is 1. The van der Waals surface area contributed by atoms with Crippen molar-refractivity contribution >= 4 is 17.8 Å². The van der Waals surface area contributed by atoms with E-state index in [4.69, 9.17) is 9.15 Å². The van der Waals surface area contributed by atoms with E-state index in [1.54, 1.807) is 17.0 Å². The van der Waals surface area contributed by atoms with Gasteiger partial charge in [-0.3, -0.25) is 9.59 Å². The van der Waals surface area contributed by atoms with Crippen LogP contribution in [0.2, 0.25) is 0 Å². The molecular weight excluding hydrogens is 393 g/mol. The van der Waals surface area contributed by atoms with Gasteiger partial charge in [-0.25, -0.2) is 4.79 Å². The lowest BCUT2D eigenvalue weighted by molar-refractivity contribution is -0.137. The second kappa shape index (κ2) is 8.38. The van der Waals surface area contributed by atoms with Crippen LogP contribution in [0.1, 0.15) is 26.5 Å². The molecule has 0 atom stereocenters. The molecule has 1 saturated heterocycles. The zero-order valence-corrected chi connectivity index (χ0v) is 15.1. The topological polar surface area (TPSA) is 80.1 Å². The number of hydrogen-bond donors (Lipinski definition) is 0. The van der Waals surface area contributed by atoms with Crippen molar-refractivity contribution in [3.05, 3.63) is 59.5 Å². The molecule has 2 heterocycles. The average Bonchev–Trinajstić information content (AvgIpc) is 3.25. The van der Waals surface area contributed by atoms with Crippen LogP contribution in [0.3, 0.4) is 0 Å². The van der Waals surface area contributed by atoms with E-state index in [9.17, 15) is 27.6 Å². The maximum Gasteiger partial charge on any atom is 0.416 e. The molecule has 1 aromatic heterocycles. The first-order valence-corrected chi connectivity index (χ1v) is 8.70. The van der Waals surface area contributed by atoms with Crippen LogP contribution < -0.4 is 0 Å². The van der Waals surface area contributed by atoms with E-state index in [0.717, 1.165) is 24.3 Å². The number of esters is 1. The molecule has 10 heteroatoms. The SMILES string of the molecule is O=C(OCC(=O)N1CCN(C(=O)c2ccco2)CC1)c1ccc(C(F)(F)F)cc1. The molecule has 0 aliphatic carbocycles. The number of piperazine rings is 1. The van der Waals surface area contributed by atoms with Crippen molar-refractivity contribution in [2.45, 2.75) is 6.18 Å². The average molecular weight is 410 g/mol. The van der Waals surface area contributed by atoms with Crippen molar-refractivity contribution in [3.8, 4) is 0 Å². The molecule has 1 aliphatic heterocycles. The summed E-state index contributed by atoms with van der Waals surface area (Å²) in [5.74, 6) is -1.39. The van der Waals surface area contributed by atoms with Crippen molar-refractivity contribution in [2.75, 3.05) is 32.8 Å². The van der Waals surface area contributed by atoms with E-state index >= 15 is 0 Å². The number of hydrogen-bond acceptors (Lipinski definition) is 5. The van der Waals surface area contributed by atoms with Gasteiger partial charge in [-0.15, -0.1) is 0 Å². The molecule has 154 valence electrons. The van der Waals surface area contributed by atoms with Crippen LogP contribution in [0.5, 0.6) is 0 Å². The summed E-state index contributed by atoms with van der Waals surface area (Å²) in [6.45, 7) is 0.606. The number of ether oxygens (including phenoxy) is 1. The Morgan fingerprint density at radius 3 is 2.14 bits per heavy atom. The molecule has 0 bridgehead atoms. The summed E-state index contributed by atoms with van der Waals surface area (Å²) in [7, 11) is 0. The van der Waals surface area contributed by atoms with Gasteiger partial charge in [0.1, 0.15) is 0 Å². The fraction of sp³-hybridized carbons (Fsp3) is 0.316. The molecule has 29 heavy (non-hydrogen) atoms. The summed E-state index contributed by atoms with van der Waals surface area (Å²) in [5, 5.41) is 0. The minimum absolute atomic E-state index is 0.0836. The predicted molar refractivity (Wildman–Crippen MR) is 92.9 cm³/mol. The molecule has 1 fully saturated rings. The quantitative estimate of drug-likeness (QED) is 0.724. The molecular formula is C19H17F3N2O5. The van der Waals surface area contributed by atoms with Crippen LogP contribution in [0, 0.1) is 0 Å². The van der Waals surface area contributed by atoms with Gasteiger partial charge in [0, 0.05) is 26.2 Å². The molecule has 0 radical (unpaired) electrons. The number of amides is 2. The van der Waals surface area contributed by atoms with Crippen LogP contribution in [-0.2, 0) is 15.7 Å². The van der Waals surface area contributed by atoms with Crippen LogP contribution in [0.4, 0.5) is 13.2 Å². The highest BCUT2D eigenvalue weighted by Gasteiger charge is 2.30. The second-order valence-electron chi connectivity index (χ2n) is 6.30. The van der Waals surface area contributed by atoms with Crippen LogP contribution in [0.25, 0.3) is 0 Å². The van der Waals surface area contributed by atoms with Crippen molar-refractivity contribution in [2.24, 2.45) is 0 Å². The van der Waals surface area contributed by atoms with Crippen molar-refractivity contribution < 1.29 is 36.7 Å². The molecule has 0 saturated carbocycles. The Kier molecular flexibility index (Phi) is 5.90. The molecule has 0 spiro atoms. The number of halogens is 3. The lowest BCUT2D eigenvalue weighted by atomic mass is 10.1. The number of furan rings is 1. The fourth-order valence-electron chi connectivity index (χ4n) is 2.81. The van der Waals surface area contributed by atoms with Gasteiger partial charge in [-0.2, -0.15) is 13.2 Å². The van der Waals surface area contributed by atoms with Gasteiger partial charge in [-0.1, -0.05) is 0 Å². The molecule has 3 rings (SSSR count). The monoisotopic (exact) mass is 410 g/mol. The standard InChI is InChI=1S/C19H17F3N2O5/c20-19(21,22)14-5-3-13(4-6-14)18(27)29-12-16(25)23-7-9-24(10-8-23)17(26)15-2-1-11-28-15/h1-6,11H,7-10,12H2. The van der Waals surface area contributed by atoms with E-state index in [-0.39, 0.29) is 30.3 Å². The predicted octanol–water partition coefficient (Wildman–Crippen LogP) is 2.44. The Bertz CT molecular complexity index is 870. The zero-order valence-electron chi connectivity index (χ0n) is 15.1. The Morgan fingerprint density at radius 1 is 0.966 bits per heavy atom. The first-order valence-electron chi connectivity index (χ1n) is 8.70. The highest BCUT2D eigenvalue weighted by Crippen LogP contribution is 2.29. The number of carbonyl (C=O) groups is 3. The Hall–Kier alpha value is -3.30. The van der Waals surface area contributed by atoms with E-state index in [2.05, 4.69) is 0 Å². The number of alkyl halides is 3. The Balaban J connectivity index is 1.46. The summed E-state index contributed by atoms with van der Waals surface area (Å²) < 4.78 is 47.6. The molecule has 0 unspecified atom stereocenters. The fourth-order valence-corrected chi connectivity index (χ4v) is 2.81. The van der Waals surface area contributed by atoms with Crippen molar-refractivity contribution in [1.29, 1.82) is 0 Å². The third kappa shape index (κ3) is 4.95. The van der Waals surface area contributed by atoms with Gasteiger partial charge in [0.2, 0.25) is 0 Å². The first-order chi connectivity index (χ1) is 13.8. The van der Waals surface area contributed by atoms with Gasteiger partial charge < -0.3 is 19.0 Å². The number of nitrogens with zero attached hydrogens (tertiary/aromatic N) is 2. The zero-order chi connectivity index (χ0) is 21.0. The molecule has 0 N–H and O–H groups in total. The van der Waals surface area contributed by atoms with Gasteiger partial charge in [0.15, 0.2) is 12.4 Å². The maximum atomic E-state index is 12.5. The lowest BCUT2D eigenvalue weighted by Gasteiger charge is -2.34. The van der Waals surface area contributed by atoms with Crippen LogP contribution in [-0.4, -0.2) is 60.4 Å². The summed E-state index contributed by atoms with van der Waals surface area (Å²) in [6.07, 6.45) is -3.10. The van der Waals surface area contributed by atoms with Crippen LogP contribution in [0.15, 0.2) is 47.1 Å². The van der Waals surface area contributed by atoms with Gasteiger partial charge >= 0.3 is 12.1 Å². The van der Waals surface area contributed by atoms with Crippen LogP contribution >= 0.6 is 0 Å². The Labute approximate surface area is 163 Å². The van der Waals surface area contributed by atoms with Gasteiger partial charge in [0.25, 0.3) is 11.8 Å². The molecule has 1 aliphatic rings. The molecule has 7 nitrogen and oxygen atoms in total. The highest BCUT2D eigenvalue weighted by molar-refractivity contribution is 5.92. The lowest BCUT2D eigenvalue weighted by Crippen LogP contribution is -2.51. The van der Waals surface area contributed by atoms with E-state index in [0.29, 0.717) is 13.1 Å². The third-order valence-corrected chi connectivity index (χ3v) is 4.43. The van der Waals surface area contributed by atoms with Gasteiger partial charge in [0.05, 0.1) is 17.4 Å². The summed E-state index contributed by atoms with van der Waals surface area (Å²) in [5.41, 5.74) is -0.966. The summed E-state index contributed by atoms with van der Waals surface area (Å²) in [4.78, 5) is 39.3. The smallest absolute Gasteiger partial charge is 0.416 e. The number of carbonyl (C=O) groups excluding carboxylic acids is 3.